The Morgan fingerprint density at radius 3 is 2.13 bits per heavy atom. The largest absolute Gasteiger partial charge is 0.345 e. The number of fused-ring (bicyclic) bond motifs is 1. The van der Waals surface area contributed by atoms with Gasteiger partial charge in [0.05, 0.1) is 28.4 Å². The van der Waals surface area contributed by atoms with Crippen LogP contribution in [0.1, 0.15) is 23.6 Å². The van der Waals surface area contributed by atoms with Gasteiger partial charge in [-0.15, -0.1) is 0 Å². The second-order valence-corrected chi connectivity index (χ2v) is 9.38. The molecule has 8 heteroatoms. The van der Waals surface area contributed by atoms with Gasteiger partial charge in [0.15, 0.2) is 9.84 Å². The van der Waals surface area contributed by atoms with Crippen molar-refractivity contribution in [1.29, 1.82) is 0 Å². The molecule has 0 fully saturated rings. The highest BCUT2D eigenvalue weighted by molar-refractivity contribution is 7.91. The normalized spacial score (nSPS) is 11.6. The Bertz CT molecular complexity index is 1220. The third-order valence-corrected chi connectivity index (χ3v) is 7.04. The monoisotopic (exact) mass is 437 g/mol. The molecule has 1 amide bonds. The number of benzene rings is 3. The Labute approximate surface area is 178 Å². The number of sulfone groups is 1. The van der Waals surface area contributed by atoms with E-state index < -0.39 is 9.84 Å². The summed E-state index contributed by atoms with van der Waals surface area (Å²) in [5, 5.41) is 2.98. The average molecular weight is 438 g/mol. The fraction of sp³-hybridized carbons (Fsp3) is 0.136. The van der Waals surface area contributed by atoms with Gasteiger partial charge in [0.2, 0.25) is 5.91 Å². The predicted molar refractivity (Wildman–Crippen MR) is 117 cm³/mol. The van der Waals surface area contributed by atoms with Crippen molar-refractivity contribution in [2.24, 2.45) is 0 Å². The average Bonchev–Trinajstić information content (AvgIpc) is 3.26. The maximum Gasteiger partial charge on any atom is 0.221 e. The van der Waals surface area contributed by atoms with Crippen LogP contribution in [-0.4, -0.2) is 28.8 Å². The zero-order chi connectivity index (χ0) is 21.0. The predicted octanol–water partition coefficient (Wildman–Crippen LogP) is 3.76. The Hall–Kier alpha value is -3.10. The molecule has 0 saturated heterocycles. The highest BCUT2D eigenvalue weighted by Crippen LogP contribution is 2.24. The highest BCUT2D eigenvalue weighted by atomic mass is 32.2. The molecule has 30 heavy (non-hydrogen) atoms. The van der Waals surface area contributed by atoms with Crippen LogP contribution in [0.2, 0.25) is 0 Å². The number of amides is 1. The molecular formula is C22H19N3O3S2. The van der Waals surface area contributed by atoms with Gasteiger partial charge in [0.1, 0.15) is 11.0 Å². The van der Waals surface area contributed by atoms with Crippen LogP contribution >= 0.6 is 11.7 Å². The molecular weight excluding hydrogens is 418 g/mol. The molecule has 0 spiro atoms. The smallest absolute Gasteiger partial charge is 0.221 e. The molecule has 4 aromatic rings. The minimum absolute atomic E-state index is 0.115. The molecule has 0 saturated carbocycles. The summed E-state index contributed by atoms with van der Waals surface area (Å²) in [6.07, 6.45) is -0.146. The Morgan fingerprint density at radius 2 is 1.50 bits per heavy atom. The minimum Gasteiger partial charge on any atom is -0.345 e. The van der Waals surface area contributed by atoms with Crippen LogP contribution in [0, 0.1) is 0 Å². The van der Waals surface area contributed by atoms with Crippen molar-refractivity contribution < 1.29 is 13.2 Å². The first-order chi connectivity index (χ1) is 14.5. The molecule has 0 aliphatic rings. The molecule has 3 aromatic carbocycles. The summed E-state index contributed by atoms with van der Waals surface area (Å²) < 4.78 is 33.8. The van der Waals surface area contributed by atoms with Crippen molar-refractivity contribution in [1.82, 2.24) is 14.1 Å². The zero-order valence-electron chi connectivity index (χ0n) is 15.9. The minimum atomic E-state index is -3.67. The zero-order valence-corrected chi connectivity index (χ0v) is 17.6. The number of carbonyl (C=O) groups excluding carboxylic acids is 1. The first-order valence-corrected chi connectivity index (χ1v) is 11.8. The van der Waals surface area contributed by atoms with E-state index in [0.29, 0.717) is 11.0 Å². The summed E-state index contributed by atoms with van der Waals surface area (Å²) >= 11 is 0.967. The van der Waals surface area contributed by atoms with Crippen LogP contribution in [0.4, 0.5) is 0 Å². The Balaban J connectivity index is 1.51. The lowest BCUT2D eigenvalue weighted by Crippen LogP contribution is -2.30. The lowest BCUT2D eigenvalue weighted by Gasteiger charge is -2.20. The van der Waals surface area contributed by atoms with E-state index in [9.17, 15) is 13.2 Å². The quantitative estimate of drug-likeness (QED) is 0.476. The molecule has 0 unspecified atom stereocenters. The summed E-state index contributed by atoms with van der Waals surface area (Å²) in [6, 6.07) is 23.7. The maximum absolute atomic E-state index is 12.8. The summed E-state index contributed by atoms with van der Waals surface area (Å²) in [5.74, 6) is -0.633. The van der Waals surface area contributed by atoms with E-state index in [1.165, 1.54) is 6.07 Å². The van der Waals surface area contributed by atoms with E-state index in [0.717, 1.165) is 22.9 Å². The van der Waals surface area contributed by atoms with E-state index in [1.807, 2.05) is 60.7 Å². The first-order valence-electron chi connectivity index (χ1n) is 9.38. The van der Waals surface area contributed by atoms with Crippen LogP contribution in [0.3, 0.4) is 0 Å². The van der Waals surface area contributed by atoms with Crippen molar-refractivity contribution in [3.8, 4) is 0 Å². The number of rotatable bonds is 7. The standard InChI is InChI=1S/C22H19N3O3S2/c26-20(14-15-30(27,28)19-13-7-12-18-22(19)25-29-24-18)23-21(16-8-3-1-4-9-16)17-10-5-2-6-11-17/h1-13,21H,14-15H2,(H,23,26). The van der Waals surface area contributed by atoms with Crippen molar-refractivity contribution in [2.75, 3.05) is 5.75 Å². The summed E-state index contributed by atoms with van der Waals surface area (Å²) in [7, 11) is -3.67. The van der Waals surface area contributed by atoms with E-state index in [4.69, 9.17) is 0 Å². The topological polar surface area (TPSA) is 89.0 Å². The summed E-state index contributed by atoms with van der Waals surface area (Å²) in [5.41, 5.74) is 2.75. The molecule has 4 rings (SSSR count). The van der Waals surface area contributed by atoms with Gasteiger partial charge in [0, 0.05) is 6.42 Å². The van der Waals surface area contributed by atoms with Crippen LogP contribution in [0.5, 0.6) is 0 Å². The van der Waals surface area contributed by atoms with Gasteiger partial charge in [-0.2, -0.15) is 8.75 Å². The van der Waals surface area contributed by atoms with Gasteiger partial charge < -0.3 is 5.32 Å². The fourth-order valence-corrected chi connectivity index (χ4v) is 5.26. The van der Waals surface area contributed by atoms with Crippen molar-refractivity contribution in [2.45, 2.75) is 17.4 Å². The molecule has 0 radical (unpaired) electrons. The van der Waals surface area contributed by atoms with Crippen LogP contribution in [0.25, 0.3) is 11.0 Å². The van der Waals surface area contributed by atoms with Gasteiger partial charge in [0.25, 0.3) is 0 Å². The van der Waals surface area contributed by atoms with Crippen LogP contribution in [-0.2, 0) is 14.6 Å². The molecule has 0 aliphatic heterocycles. The van der Waals surface area contributed by atoms with E-state index in [2.05, 4.69) is 14.1 Å². The maximum atomic E-state index is 12.8. The third kappa shape index (κ3) is 4.39. The van der Waals surface area contributed by atoms with E-state index in [1.54, 1.807) is 12.1 Å². The molecule has 152 valence electrons. The number of carbonyl (C=O) groups is 1. The van der Waals surface area contributed by atoms with Gasteiger partial charge in [-0.05, 0) is 23.3 Å². The van der Waals surface area contributed by atoms with Gasteiger partial charge in [-0.1, -0.05) is 66.7 Å². The number of nitrogens with zero attached hydrogens (tertiary/aromatic N) is 2. The Kier molecular flexibility index (Phi) is 5.87. The van der Waals surface area contributed by atoms with Crippen molar-refractivity contribution >= 4 is 38.5 Å². The second-order valence-electron chi connectivity index (χ2n) is 6.78. The lowest BCUT2D eigenvalue weighted by molar-refractivity contribution is -0.121. The number of nitrogens with one attached hydrogen (secondary N) is 1. The summed E-state index contributed by atoms with van der Waals surface area (Å²) in [6.45, 7) is 0. The highest BCUT2D eigenvalue weighted by Gasteiger charge is 2.22. The van der Waals surface area contributed by atoms with Crippen LogP contribution < -0.4 is 5.32 Å². The number of hydrogen-bond donors (Lipinski definition) is 1. The van der Waals surface area contributed by atoms with Gasteiger partial charge >= 0.3 is 0 Å². The third-order valence-electron chi connectivity index (χ3n) is 4.75. The first kappa shape index (κ1) is 20.2. The molecule has 0 bridgehead atoms. The SMILES string of the molecule is O=C(CCS(=O)(=O)c1cccc2nsnc12)NC(c1ccccc1)c1ccccc1. The van der Waals surface area contributed by atoms with Gasteiger partial charge in [-0.25, -0.2) is 8.42 Å². The van der Waals surface area contributed by atoms with E-state index in [-0.39, 0.29) is 29.0 Å². The fourth-order valence-electron chi connectivity index (χ4n) is 3.25. The molecule has 0 atom stereocenters. The molecule has 1 heterocycles. The molecule has 1 N–H and O–H groups in total. The van der Waals surface area contributed by atoms with Gasteiger partial charge in [-0.3, -0.25) is 4.79 Å². The lowest BCUT2D eigenvalue weighted by atomic mass is 9.98. The molecule has 1 aromatic heterocycles. The number of aromatic nitrogens is 2. The van der Waals surface area contributed by atoms with Crippen molar-refractivity contribution in [3.63, 3.8) is 0 Å². The number of hydrogen-bond acceptors (Lipinski definition) is 6. The van der Waals surface area contributed by atoms with E-state index >= 15 is 0 Å². The molecule has 6 nitrogen and oxygen atoms in total. The molecule has 0 aliphatic carbocycles. The second kappa shape index (κ2) is 8.73. The van der Waals surface area contributed by atoms with Crippen molar-refractivity contribution in [3.05, 3.63) is 90.0 Å². The summed E-state index contributed by atoms with van der Waals surface area (Å²) in [4.78, 5) is 12.8. The Morgan fingerprint density at radius 1 is 0.867 bits per heavy atom. The van der Waals surface area contributed by atoms with Crippen LogP contribution in [0.15, 0.2) is 83.8 Å².